The van der Waals surface area contributed by atoms with Crippen LogP contribution in [-0.4, -0.2) is 23.4 Å². The average molecular weight is 482 g/mol. The lowest BCUT2D eigenvalue weighted by Crippen LogP contribution is -2.12. The molecule has 0 bridgehead atoms. The molecule has 1 aliphatic heterocycles. The van der Waals surface area contributed by atoms with Crippen molar-refractivity contribution in [3.05, 3.63) is 94.9 Å². The van der Waals surface area contributed by atoms with Crippen LogP contribution >= 0.6 is 0 Å². The summed E-state index contributed by atoms with van der Waals surface area (Å²) in [5.74, 6) is 0.914. The van der Waals surface area contributed by atoms with Gasteiger partial charge in [0.1, 0.15) is 17.2 Å². The van der Waals surface area contributed by atoms with Crippen molar-refractivity contribution in [2.75, 3.05) is 7.11 Å². The molecule has 6 heteroatoms. The number of ether oxygens (including phenoxy) is 3. The summed E-state index contributed by atoms with van der Waals surface area (Å²) < 4.78 is 18.8. The van der Waals surface area contributed by atoms with Crippen molar-refractivity contribution < 1.29 is 23.8 Å². The summed E-state index contributed by atoms with van der Waals surface area (Å²) in [4.78, 5) is 25.7. The summed E-state index contributed by atoms with van der Waals surface area (Å²) in [5.41, 5.74) is 3.85. The van der Waals surface area contributed by atoms with E-state index in [9.17, 15) is 9.59 Å². The van der Waals surface area contributed by atoms with Gasteiger partial charge in [0.05, 0.1) is 18.2 Å². The Morgan fingerprint density at radius 1 is 0.972 bits per heavy atom. The molecule has 0 saturated heterocycles. The summed E-state index contributed by atoms with van der Waals surface area (Å²) in [5, 5.41) is 0.948. The van der Waals surface area contributed by atoms with Gasteiger partial charge in [0.2, 0.25) is 5.78 Å². The van der Waals surface area contributed by atoms with Crippen molar-refractivity contribution in [2.24, 2.45) is 7.05 Å². The van der Waals surface area contributed by atoms with E-state index in [0.717, 1.165) is 27.8 Å². The number of benzene rings is 3. The second-order valence-corrected chi connectivity index (χ2v) is 9.89. The number of rotatable bonds is 4. The quantitative estimate of drug-likeness (QED) is 0.194. The van der Waals surface area contributed by atoms with Gasteiger partial charge in [0, 0.05) is 35.8 Å². The molecule has 0 atom stereocenters. The Morgan fingerprint density at radius 2 is 1.69 bits per heavy atom. The summed E-state index contributed by atoms with van der Waals surface area (Å²) in [6, 6.07) is 18.0. The molecule has 1 aromatic heterocycles. The van der Waals surface area contributed by atoms with E-state index in [0.29, 0.717) is 22.6 Å². The molecule has 6 nitrogen and oxygen atoms in total. The highest BCUT2D eigenvalue weighted by molar-refractivity contribution is 6.15. The highest BCUT2D eigenvalue weighted by Crippen LogP contribution is 2.36. The standard InChI is InChI=1S/C30H27NO5/c1-30(2,3)20-8-6-18(7-9-20)29(33)35-22-10-12-23-26(16-22)36-27(28(23)32)14-19-17-31(4)25-13-11-21(34-5)15-24(19)25/h6-17H,1-5H3/b27-14+. The molecular weight excluding hydrogens is 454 g/mol. The minimum atomic E-state index is -0.472. The van der Waals surface area contributed by atoms with Crippen LogP contribution in [0.1, 0.15) is 52.6 Å². The highest BCUT2D eigenvalue weighted by atomic mass is 16.5. The Morgan fingerprint density at radius 3 is 2.39 bits per heavy atom. The number of nitrogens with zero attached hydrogens (tertiary/aromatic N) is 1. The van der Waals surface area contributed by atoms with Gasteiger partial charge in [0.15, 0.2) is 5.76 Å². The van der Waals surface area contributed by atoms with Crippen LogP contribution < -0.4 is 14.2 Å². The molecule has 0 saturated carbocycles. The van der Waals surface area contributed by atoms with Crippen molar-refractivity contribution in [3.63, 3.8) is 0 Å². The van der Waals surface area contributed by atoms with Gasteiger partial charge in [-0.15, -0.1) is 0 Å². The molecule has 1 aliphatic rings. The van der Waals surface area contributed by atoms with Crippen LogP contribution in [0.15, 0.2) is 72.6 Å². The van der Waals surface area contributed by atoms with Gasteiger partial charge in [-0.05, 0) is 59.5 Å². The van der Waals surface area contributed by atoms with Gasteiger partial charge in [-0.25, -0.2) is 4.79 Å². The molecular formula is C30H27NO5. The maximum atomic E-state index is 13.0. The van der Waals surface area contributed by atoms with Crippen molar-refractivity contribution in [3.8, 4) is 17.2 Å². The Hall–Kier alpha value is -4.32. The van der Waals surface area contributed by atoms with E-state index in [1.54, 1.807) is 43.5 Å². The second kappa shape index (κ2) is 8.72. The number of carbonyl (C=O) groups excluding carboxylic acids is 2. The third-order valence-corrected chi connectivity index (χ3v) is 6.35. The molecule has 2 heterocycles. The van der Waals surface area contributed by atoms with Crippen LogP contribution in [0.2, 0.25) is 0 Å². The molecule has 0 aliphatic carbocycles. The normalized spacial score (nSPS) is 14.1. The summed E-state index contributed by atoms with van der Waals surface area (Å²) >= 11 is 0. The van der Waals surface area contributed by atoms with Crippen LogP contribution in [0, 0.1) is 0 Å². The number of ketones is 1. The number of allylic oxidation sites excluding steroid dienone is 1. The highest BCUT2D eigenvalue weighted by Gasteiger charge is 2.28. The van der Waals surface area contributed by atoms with Gasteiger partial charge >= 0.3 is 5.97 Å². The zero-order chi connectivity index (χ0) is 25.6. The van der Waals surface area contributed by atoms with E-state index >= 15 is 0 Å². The molecule has 0 fully saturated rings. The summed E-state index contributed by atoms with van der Waals surface area (Å²) in [6.07, 6.45) is 3.67. The molecule has 182 valence electrons. The topological polar surface area (TPSA) is 66.8 Å². The van der Waals surface area contributed by atoms with Gasteiger partial charge in [-0.2, -0.15) is 0 Å². The lowest BCUT2D eigenvalue weighted by Gasteiger charge is -2.18. The first-order chi connectivity index (χ1) is 17.1. The number of esters is 1. The fourth-order valence-electron chi connectivity index (χ4n) is 4.29. The molecule has 0 radical (unpaired) electrons. The maximum absolute atomic E-state index is 13.0. The fraction of sp³-hybridized carbons (Fsp3) is 0.200. The Kier molecular flexibility index (Phi) is 5.67. The van der Waals surface area contributed by atoms with E-state index in [2.05, 4.69) is 20.8 Å². The first-order valence-electron chi connectivity index (χ1n) is 11.7. The van der Waals surface area contributed by atoms with Crippen LogP contribution in [0.25, 0.3) is 17.0 Å². The third-order valence-electron chi connectivity index (χ3n) is 6.35. The number of Topliss-reactive ketones (excluding diaryl/α,β-unsaturated/α-hetero) is 1. The van der Waals surface area contributed by atoms with Crippen LogP contribution in [-0.2, 0) is 12.5 Å². The number of fused-ring (bicyclic) bond motifs is 2. The van der Waals surface area contributed by atoms with E-state index in [1.807, 2.05) is 48.1 Å². The number of hydrogen-bond donors (Lipinski definition) is 0. The zero-order valence-electron chi connectivity index (χ0n) is 20.9. The van der Waals surface area contributed by atoms with Crippen molar-refractivity contribution in [2.45, 2.75) is 26.2 Å². The van der Waals surface area contributed by atoms with Gasteiger partial charge in [-0.1, -0.05) is 32.9 Å². The van der Waals surface area contributed by atoms with Crippen LogP contribution in [0.4, 0.5) is 0 Å². The predicted molar refractivity (Wildman–Crippen MR) is 139 cm³/mol. The van der Waals surface area contributed by atoms with E-state index in [1.165, 1.54) is 0 Å². The first kappa shape index (κ1) is 23.4. The molecule has 3 aromatic carbocycles. The largest absolute Gasteiger partial charge is 0.497 e. The molecule has 0 amide bonds. The second-order valence-electron chi connectivity index (χ2n) is 9.89. The summed E-state index contributed by atoms with van der Waals surface area (Å²) in [7, 11) is 3.56. The lowest BCUT2D eigenvalue weighted by atomic mass is 9.87. The van der Waals surface area contributed by atoms with E-state index in [4.69, 9.17) is 14.2 Å². The van der Waals surface area contributed by atoms with Crippen LogP contribution in [0.5, 0.6) is 17.2 Å². The Labute approximate surface area is 209 Å². The van der Waals surface area contributed by atoms with Gasteiger partial charge in [0.25, 0.3) is 0 Å². The molecule has 0 spiro atoms. The van der Waals surface area contributed by atoms with Gasteiger partial charge in [-0.3, -0.25) is 4.79 Å². The minimum Gasteiger partial charge on any atom is -0.497 e. The molecule has 4 aromatic rings. The molecule has 36 heavy (non-hydrogen) atoms. The average Bonchev–Trinajstić information content (AvgIpc) is 3.33. The fourth-order valence-corrected chi connectivity index (χ4v) is 4.29. The SMILES string of the molecule is COc1ccc2c(c1)c(/C=C1/Oc3cc(OC(=O)c4ccc(C(C)(C)C)cc4)ccc3C1=O)cn2C. The maximum Gasteiger partial charge on any atom is 0.343 e. The number of aromatic nitrogens is 1. The number of carbonyl (C=O) groups is 2. The molecule has 0 unspecified atom stereocenters. The van der Waals surface area contributed by atoms with Crippen LogP contribution in [0.3, 0.4) is 0 Å². The van der Waals surface area contributed by atoms with Crippen molar-refractivity contribution in [1.82, 2.24) is 4.57 Å². The predicted octanol–water partition coefficient (Wildman–Crippen LogP) is 6.32. The van der Waals surface area contributed by atoms with Crippen molar-refractivity contribution in [1.29, 1.82) is 0 Å². The Balaban J connectivity index is 1.38. The monoisotopic (exact) mass is 481 g/mol. The third kappa shape index (κ3) is 4.26. The summed E-state index contributed by atoms with van der Waals surface area (Å²) in [6.45, 7) is 6.35. The number of aryl methyl sites for hydroxylation is 1. The van der Waals surface area contributed by atoms with E-state index in [-0.39, 0.29) is 17.0 Å². The molecule has 0 N–H and O–H groups in total. The smallest absolute Gasteiger partial charge is 0.343 e. The Bertz CT molecular complexity index is 1530. The van der Waals surface area contributed by atoms with Gasteiger partial charge < -0.3 is 18.8 Å². The minimum absolute atomic E-state index is 0.00434. The zero-order valence-corrected chi connectivity index (χ0v) is 20.9. The molecule has 5 rings (SSSR count). The lowest BCUT2D eigenvalue weighted by molar-refractivity contribution is 0.0734. The van der Waals surface area contributed by atoms with E-state index < -0.39 is 5.97 Å². The number of methoxy groups -OCH3 is 1. The first-order valence-corrected chi connectivity index (χ1v) is 11.7. The van der Waals surface area contributed by atoms with Crippen molar-refractivity contribution >= 4 is 28.7 Å². The number of hydrogen-bond acceptors (Lipinski definition) is 5.